The molecule has 3 aromatic rings. The number of nitrogens with one attached hydrogen (secondary N) is 2. The zero-order valence-corrected chi connectivity index (χ0v) is 17.3. The molecule has 9 nitrogen and oxygen atoms in total. The smallest absolute Gasteiger partial charge is 0.349 e. The number of hydrogen-bond acceptors (Lipinski definition) is 8. The number of thiophene rings is 1. The van der Waals surface area contributed by atoms with Crippen LogP contribution >= 0.6 is 11.3 Å². The molecule has 2 N–H and O–H groups in total. The standard InChI is InChI=1S/C19H19N3O6S/c1-7-12(18(25)27-5)9(3)20-14(7)11(23)6-28-19(26)15-8(2)13-16(24)21-10(4)22-17(13)29-15/h20H,6H2,1-5H3,(H,21,22,24). The van der Waals surface area contributed by atoms with Gasteiger partial charge in [0, 0.05) is 5.69 Å². The SMILES string of the molecule is COC(=O)c1c(C)[nH]c(C(=O)COC(=O)c2sc3nc(C)[nH]c(=O)c3c2C)c1C. The van der Waals surface area contributed by atoms with Crippen LogP contribution in [0.2, 0.25) is 0 Å². The van der Waals surface area contributed by atoms with Crippen LogP contribution in [-0.2, 0) is 9.47 Å². The fourth-order valence-electron chi connectivity index (χ4n) is 3.15. The minimum Gasteiger partial charge on any atom is -0.465 e. The Morgan fingerprint density at radius 1 is 1.03 bits per heavy atom. The highest BCUT2D eigenvalue weighted by Gasteiger charge is 2.25. The van der Waals surface area contributed by atoms with Gasteiger partial charge in [-0.15, -0.1) is 11.3 Å². The van der Waals surface area contributed by atoms with Crippen molar-refractivity contribution in [1.82, 2.24) is 15.0 Å². The van der Waals surface area contributed by atoms with Crippen molar-refractivity contribution < 1.29 is 23.9 Å². The van der Waals surface area contributed by atoms with Crippen LogP contribution in [-0.4, -0.2) is 46.4 Å². The van der Waals surface area contributed by atoms with Crippen molar-refractivity contribution in [3.8, 4) is 0 Å². The van der Waals surface area contributed by atoms with Gasteiger partial charge in [-0.1, -0.05) is 0 Å². The fourth-order valence-corrected chi connectivity index (χ4v) is 4.27. The monoisotopic (exact) mass is 417 g/mol. The molecular weight excluding hydrogens is 398 g/mol. The Morgan fingerprint density at radius 3 is 2.38 bits per heavy atom. The van der Waals surface area contributed by atoms with Gasteiger partial charge < -0.3 is 19.4 Å². The molecule has 0 aromatic carbocycles. The van der Waals surface area contributed by atoms with Crippen LogP contribution < -0.4 is 5.56 Å². The maximum absolute atomic E-state index is 12.5. The van der Waals surface area contributed by atoms with Crippen LogP contribution in [0.3, 0.4) is 0 Å². The number of nitrogens with zero attached hydrogens (tertiary/aromatic N) is 1. The first-order chi connectivity index (χ1) is 13.6. The number of rotatable bonds is 5. The number of ether oxygens (including phenoxy) is 2. The highest BCUT2D eigenvalue weighted by Crippen LogP contribution is 2.27. The number of esters is 2. The number of methoxy groups -OCH3 is 1. The number of fused-ring (bicyclic) bond motifs is 1. The average molecular weight is 417 g/mol. The van der Waals surface area contributed by atoms with E-state index in [1.165, 1.54) is 7.11 Å². The Hall–Kier alpha value is -3.27. The Labute approximate surface area is 169 Å². The van der Waals surface area contributed by atoms with Crippen molar-refractivity contribution in [2.75, 3.05) is 13.7 Å². The second-order valence-electron chi connectivity index (χ2n) is 6.50. The van der Waals surface area contributed by atoms with Gasteiger partial charge in [-0.25, -0.2) is 14.6 Å². The van der Waals surface area contributed by atoms with E-state index < -0.39 is 24.3 Å². The summed E-state index contributed by atoms with van der Waals surface area (Å²) in [6.07, 6.45) is 0. The van der Waals surface area contributed by atoms with Gasteiger partial charge in [0.15, 0.2) is 6.61 Å². The molecule has 10 heteroatoms. The number of H-pyrrole nitrogens is 2. The van der Waals surface area contributed by atoms with E-state index >= 15 is 0 Å². The van der Waals surface area contributed by atoms with Crippen molar-refractivity contribution >= 4 is 39.3 Å². The van der Waals surface area contributed by atoms with Crippen molar-refractivity contribution in [3.63, 3.8) is 0 Å². The predicted octanol–water partition coefficient (Wildman–Crippen LogP) is 2.37. The van der Waals surface area contributed by atoms with Gasteiger partial charge in [0.2, 0.25) is 5.78 Å². The maximum atomic E-state index is 12.5. The normalized spacial score (nSPS) is 10.9. The lowest BCUT2D eigenvalue weighted by Gasteiger charge is -2.04. The Bertz CT molecular complexity index is 1220. The van der Waals surface area contributed by atoms with Gasteiger partial charge in [0.05, 0.1) is 23.8 Å². The van der Waals surface area contributed by atoms with E-state index in [0.717, 1.165) is 11.3 Å². The number of Topliss-reactive ketones (excluding diaryl/α,β-unsaturated/α-hetero) is 1. The lowest BCUT2D eigenvalue weighted by Crippen LogP contribution is -2.15. The molecule has 3 rings (SSSR count). The van der Waals surface area contributed by atoms with E-state index in [1.807, 2.05) is 0 Å². The van der Waals surface area contributed by atoms with Crippen molar-refractivity contribution in [2.24, 2.45) is 0 Å². The summed E-state index contributed by atoms with van der Waals surface area (Å²) in [6, 6.07) is 0. The number of carbonyl (C=O) groups excluding carboxylic acids is 3. The van der Waals surface area contributed by atoms with Crippen molar-refractivity contribution in [2.45, 2.75) is 27.7 Å². The van der Waals surface area contributed by atoms with Crippen molar-refractivity contribution in [1.29, 1.82) is 0 Å². The molecule has 0 atom stereocenters. The first-order valence-electron chi connectivity index (χ1n) is 8.63. The van der Waals surface area contributed by atoms with E-state index in [-0.39, 0.29) is 21.7 Å². The summed E-state index contributed by atoms with van der Waals surface area (Å²) < 4.78 is 9.88. The largest absolute Gasteiger partial charge is 0.465 e. The topological polar surface area (TPSA) is 131 Å². The second-order valence-corrected chi connectivity index (χ2v) is 7.50. The number of aromatic nitrogens is 3. The number of ketones is 1. The second kappa shape index (κ2) is 7.63. The number of aryl methyl sites for hydroxylation is 3. The molecule has 0 aliphatic rings. The van der Waals surface area contributed by atoms with E-state index in [0.29, 0.717) is 32.9 Å². The third-order valence-corrected chi connectivity index (χ3v) is 5.71. The van der Waals surface area contributed by atoms with Crippen LogP contribution in [0.15, 0.2) is 4.79 Å². The summed E-state index contributed by atoms with van der Waals surface area (Å²) in [5.74, 6) is -1.32. The fraction of sp³-hybridized carbons (Fsp3) is 0.316. The molecule has 0 fully saturated rings. The predicted molar refractivity (Wildman–Crippen MR) is 106 cm³/mol. The summed E-state index contributed by atoms with van der Waals surface area (Å²) in [5, 5.41) is 0.331. The number of hydrogen-bond donors (Lipinski definition) is 2. The van der Waals surface area contributed by atoms with E-state index in [2.05, 4.69) is 15.0 Å². The average Bonchev–Trinajstić information content (AvgIpc) is 3.15. The third-order valence-electron chi connectivity index (χ3n) is 4.54. The molecule has 0 bridgehead atoms. The van der Waals surface area contributed by atoms with E-state index in [4.69, 9.17) is 9.47 Å². The van der Waals surface area contributed by atoms with Crippen LogP contribution in [0.5, 0.6) is 0 Å². The Morgan fingerprint density at radius 2 is 1.72 bits per heavy atom. The summed E-state index contributed by atoms with van der Waals surface area (Å²) in [4.78, 5) is 59.3. The van der Waals surface area contributed by atoms with Crippen LogP contribution in [0.4, 0.5) is 0 Å². The van der Waals surface area contributed by atoms with Gasteiger partial charge >= 0.3 is 11.9 Å². The van der Waals surface area contributed by atoms with Gasteiger partial charge in [-0.2, -0.15) is 0 Å². The molecule has 152 valence electrons. The highest BCUT2D eigenvalue weighted by atomic mass is 32.1. The van der Waals surface area contributed by atoms with Gasteiger partial charge in [0.1, 0.15) is 15.5 Å². The zero-order chi connectivity index (χ0) is 21.5. The molecule has 0 unspecified atom stereocenters. The molecule has 3 heterocycles. The van der Waals surface area contributed by atoms with Crippen LogP contribution in [0.25, 0.3) is 10.2 Å². The first-order valence-corrected chi connectivity index (χ1v) is 9.45. The molecule has 0 aliphatic carbocycles. The van der Waals surface area contributed by atoms with Crippen LogP contribution in [0, 0.1) is 27.7 Å². The minimum atomic E-state index is -0.718. The maximum Gasteiger partial charge on any atom is 0.349 e. The molecule has 0 saturated carbocycles. The quantitative estimate of drug-likeness (QED) is 0.481. The molecule has 0 spiro atoms. The van der Waals surface area contributed by atoms with Gasteiger partial charge in [-0.05, 0) is 38.8 Å². The van der Waals surface area contributed by atoms with Gasteiger partial charge in [-0.3, -0.25) is 9.59 Å². The first kappa shape index (κ1) is 20.5. The molecule has 0 aliphatic heterocycles. The van der Waals surface area contributed by atoms with Crippen LogP contribution in [0.1, 0.15) is 53.2 Å². The third kappa shape index (κ3) is 3.58. The van der Waals surface area contributed by atoms with E-state index in [1.54, 1.807) is 27.7 Å². The highest BCUT2D eigenvalue weighted by molar-refractivity contribution is 7.20. The Kier molecular flexibility index (Phi) is 5.38. The van der Waals surface area contributed by atoms with Crippen molar-refractivity contribution in [3.05, 3.63) is 49.1 Å². The lowest BCUT2D eigenvalue weighted by atomic mass is 10.1. The number of carbonyl (C=O) groups is 3. The summed E-state index contributed by atoms with van der Waals surface area (Å²) in [7, 11) is 1.26. The van der Waals surface area contributed by atoms with Gasteiger partial charge in [0.25, 0.3) is 5.56 Å². The molecular formula is C19H19N3O6S. The zero-order valence-electron chi connectivity index (χ0n) is 16.5. The number of aromatic amines is 2. The lowest BCUT2D eigenvalue weighted by molar-refractivity contribution is 0.0477. The Balaban J connectivity index is 1.81. The summed E-state index contributed by atoms with van der Waals surface area (Å²) in [5.41, 5.74) is 1.51. The molecule has 0 radical (unpaired) electrons. The molecule has 0 amide bonds. The molecule has 29 heavy (non-hydrogen) atoms. The molecule has 3 aromatic heterocycles. The molecule has 0 saturated heterocycles. The minimum absolute atomic E-state index is 0.178. The summed E-state index contributed by atoms with van der Waals surface area (Å²) in [6.45, 7) is 6.02. The van der Waals surface area contributed by atoms with E-state index in [9.17, 15) is 19.2 Å². The summed E-state index contributed by atoms with van der Waals surface area (Å²) >= 11 is 1.04.